The van der Waals surface area contributed by atoms with Gasteiger partial charge in [-0.05, 0) is 6.54 Å². The molecule has 7 nitrogen and oxygen atoms in total. The summed E-state index contributed by atoms with van der Waals surface area (Å²) in [5, 5.41) is 3.89. The van der Waals surface area contributed by atoms with Crippen molar-refractivity contribution in [2.75, 3.05) is 40.0 Å². The van der Waals surface area contributed by atoms with Gasteiger partial charge in [0.1, 0.15) is 12.7 Å². The Bertz CT molecular complexity index is 421. The Morgan fingerprint density at radius 1 is 1.58 bits per heavy atom. The van der Waals surface area contributed by atoms with Crippen LogP contribution in [0.2, 0.25) is 0 Å². The summed E-state index contributed by atoms with van der Waals surface area (Å²) in [4.78, 5) is 17.9. The second kappa shape index (κ2) is 6.74. The highest BCUT2D eigenvalue weighted by atomic mass is 16.5. The average Bonchev–Trinajstić information content (AvgIpc) is 2.87. The molecule has 0 radical (unpaired) electrons. The molecule has 0 aromatic carbocycles. The fourth-order valence-electron chi connectivity index (χ4n) is 2.00. The molecule has 1 aromatic rings. The van der Waals surface area contributed by atoms with Crippen LogP contribution in [-0.2, 0) is 20.7 Å². The molecule has 1 aliphatic rings. The summed E-state index contributed by atoms with van der Waals surface area (Å²) in [6, 6.07) is 0. The van der Waals surface area contributed by atoms with Crippen LogP contribution in [0.3, 0.4) is 0 Å². The van der Waals surface area contributed by atoms with E-state index in [-0.39, 0.29) is 24.9 Å². The van der Waals surface area contributed by atoms with Gasteiger partial charge in [0.05, 0.1) is 13.0 Å². The lowest BCUT2D eigenvalue weighted by molar-refractivity contribution is -0.122. The van der Waals surface area contributed by atoms with E-state index in [0.717, 1.165) is 19.6 Å². The summed E-state index contributed by atoms with van der Waals surface area (Å²) >= 11 is 0. The SMILES string of the molecule is CCN1CCOC(c2noc(CC(=O)COC)n2)C1. The number of hydrogen-bond acceptors (Lipinski definition) is 7. The van der Waals surface area contributed by atoms with Crippen molar-refractivity contribution in [3.63, 3.8) is 0 Å². The number of morpholine rings is 1. The van der Waals surface area contributed by atoms with Crippen molar-refractivity contribution in [2.45, 2.75) is 19.4 Å². The van der Waals surface area contributed by atoms with E-state index in [9.17, 15) is 4.79 Å². The monoisotopic (exact) mass is 269 g/mol. The molecule has 0 saturated carbocycles. The maximum absolute atomic E-state index is 11.4. The van der Waals surface area contributed by atoms with Crippen molar-refractivity contribution >= 4 is 5.78 Å². The minimum absolute atomic E-state index is 0.0568. The molecule has 7 heteroatoms. The number of carbonyl (C=O) groups excluding carboxylic acids is 1. The molecule has 1 aromatic heterocycles. The van der Waals surface area contributed by atoms with Crippen LogP contribution >= 0.6 is 0 Å². The van der Waals surface area contributed by atoms with Crippen LogP contribution in [0.4, 0.5) is 0 Å². The first-order chi connectivity index (χ1) is 9.22. The Hall–Kier alpha value is -1.31. The van der Waals surface area contributed by atoms with E-state index >= 15 is 0 Å². The van der Waals surface area contributed by atoms with E-state index in [2.05, 4.69) is 22.0 Å². The maximum Gasteiger partial charge on any atom is 0.234 e. The topological polar surface area (TPSA) is 77.7 Å². The quantitative estimate of drug-likeness (QED) is 0.731. The van der Waals surface area contributed by atoms with Gasteiger partial charge in [-0.25, -0.2) is 0 Å². The summed E-state index contributed by atoms with van der Waals surface area (Å²) < 4.78 is 15.5. The van der Waals surface area contributed by atoms with Crippen molar-refractivity contribution in [1.29, 1.82) is 0 Å². The molecule has 1 saturated heterocycles. The van der Waals surface area contributed by atoms with Crippen molar-refractivity contribution in [1.82, 2.24) is 15.0 Å². The molecule has 1 atom stereocenters. The normalized spacial score (nSPS) is 20.6. The highest BCUT2D eigenvalue weighted by Crippen LogP contribution is 2.19. The third kappa shape index (κ3) is 3.82. The molecule has 19 heavy (non-hydrogen) atoms. The van der Waals surface area contributed by atoms with Crippen molar-refractivity contribution in [3.05, 3.63) is 11.7 Å². The molecule has 0 aliphatic carbocycles. The first-order valence-corrected chi connectivity index (χ1v) is 6.40. The fourth-order valence-corrected chi connectivity index (χ4v) is 2.00. The first-order valence-electron chi connectivity index (χ1n) is 6.40. The molecular formula is C12H19N3O4. The fraction of sp³-hybridized carbons (Fsp3) is 0.750. The Balaban J connectivity index is 1.94. The van der Waals surface area contributed by atoms with E-state index in [1.165, 1.54) is 7.11 Å². The van der Waals surface area contributed by atoms with E-state index in [0.29, 0.717) is 18.3 Å². The van der Waals surface area contributed by atoms with Crippen LogP contribution in [0, 0.1) is 0 Å². The molecule has 1 fully saturated rings. The first kappa shape index (κ1) is 14.1. The molecule has 1 aliphatic heterocycles. The summed E-state index contributed by atoms with van der Waals surface area (Å²) in [6.07, 6.45) is -0.0749. The van der Waals surface area contributed by atoms with Gasteiger partial charge in [0.15, 0.2) is 5.78 Å². The van der Waals surface area contributed by atoms with Crippen LogP contribution in [-0.4, -0.2) is 60.8 Å². The highest BCUT2D eigenvalue weighted by Gasteiger charge is 2.25. The number of ketones is 1. The smallest absolute Gasteiger partial charge is 0.234 e. The molecule has 0 N–H and O–H groups in total. The lowest BCUT2D eigenvalue weighted by Gasteiger charge is -2.30. The third-order valence-electron chi connectivity index (χ3n) is 3.02. The molecule has 0 bridgehead atoms. The zero-order chi connectivity index (χ0) is 13.7. The number of nitrogens with zero attached hydrogens (tertiary/aromatic N) is 3. The van der Waals surface area contributed by atoms with Crippen molar-refractivity contribution < 1.29 is 18.8 Å². The van der Waals surface area contributed by atoms with Gasteiger partial charge in [-0.2, -0.15) is 4.98 Å². The lowest BCUT2D eigenvalue weighted by Crippen LogP contribution is -2.38. The van der Waals surface area contributed by atoms with Crippen molar-refractivity contribution in [3.8, 4) is 0 Å². The van der Waals surface area contributed by atoms with Crippen LogP contribution in [0.1, 0.15) is 24.7 Å². The maximum atomic E-state index is 11.4. The Morgan fingerprint density at radius 2 is 2.42 bits per heavy atom. The summed E-state index contributed by atoms with van der Waals surface area (Å²) in [7, 11) is 1.48. The second-order valence-corrected chi connectivity index (χ2v) is 4.45. The molecule has 0 amide bonds. The molecule has 2 heterocycles. The van der Waals surface area contributed by atoms with Crippen LogP contribution in [0.5, 0.6) is 0 Å². The van der Waals surface area contributed by atoms with Crippen molar-refractivity contribution in [2.24, 2.45) is 0 Å². The van der Waals surface area contributed by atoms with Crippen LogP contribution in [0.25, 0.3) is 0 Å². The summed E-state index contributed by atoms with van der Waals surface area (Å²) in [5.41, 5.74) is 0. The number of Topliss-reactive ketones (excluding diaryl/α,β-unsaturated/α-hetero) is 1. The molecule has 106 valence electrons. The number of methoxy groups -OCH3 is 1. The minimum atomic E-state index is -0.177. The van der Waals surface area contributed by atoms with Gasteiger partial charge in [0.25, 0.3) is 0 Å². The molecule has 2 rings (SSSR count). The molecular weight excluding hydrogens is 250 g/mol. The number of carbonyl (C=O) groups is 1. The van der Waals surface area contributed by atoms with Gasteiger partial charge in [-0.3, -0.25) is 9.69 Å². The van der Waals surface area contributed by atoms with Gasteiger partial charge in [0.2, 0.25) is 11.7 Å². The lowest BCUT2D eigenvalue weighted by atomic mass is 10.2. The van der Waals surface area contributed by atoms with E-state index < -0.39 is 0 Å². The van der Waals surface area contributed by atoms with E-state index in [1.807, 2.05) is 0 Å². The summed E-state index contributed by atoms with van der Waals surface area (Å²) in [6.45, 7) is 5.46. The Kier molecular flexibility index (Phi) is 5.00. The Labute approximate surface area is 111 Å². The minimum Gasteiger partial charge on any atom is -0.377 e. The standard InChI is InChI=1S/C12H19N3O4/c1-3-15-4-5-18-10(7-15)12-13-11(19-14-12)6-9(16)8-17-2/h10H,3-8H2,1-2H3. The molecule has 0 spiro atoms. The largest absolute Gasteiger partial charge is 0.377 e. The summed E-state index contributed by atoms with van der Waals surface area (Å²) in [5.74, 6) is 0.741. The van der Waals surface area contributed by atoms with Gasteiger partial charge < -0.3 is 14.0 Å². The zero-order valence-corrected chi connectivity index (χ0v) is 11.3. The average molecular weight is 269 g/mol. The van der Waals surface area contributed by atoms with E-state index in [1.54, 1.807) is 0 Å². The van der Waals surface area contributed by atoms with Gasteiger partial charge >= 0.3 is 0 Å². The highest BCUT2D eigenvalue weighted by molar-refractivity contribution is 5.81. The van der Waals surface area contributed by atoms with E-state index in [4.69, 9.17) is 14.0 Å². The van der Waals surface area contributed by atoms with Gasteiger partial charge in [0, 0.05) is 20.2 Å². The van der Waals surface area contributed by atoms with Crippen LogP contribution in [0.15, 0.2) is 4.52 Å². The number of hydrogen-bond donors (Lipinski definition) is 0. The Morgan fingerprint density at radius 3 is 3.16 bits per heavy atom. The predicted molar refractivity (Wildman–Crippen MR) is 65.7 cm³/mol. The van der Waals surface area contributed by atoms with Crippen LogP contribution < -0.4 is 0 Å². The predicted octanol–water partition coefficient (Wildman–Crippen LogP) is 0.221. The van der Waals surface area contributed by atoms with Gasteiger partial charge in [-0.1, -0.05) is 12.1 Å². The zero-order valence-electron chi connectivity index (χ0n) is 11.3. The third-order valence-corrected chi connectivity index (χ3v) is 3.02. The second-order valence-electron chi connectivity index (χ2n) is 4.45. The van der Waals surface area contributed by atoms with Gasteiger partial charge in [-0.15, -0.1) is 0 Å². The number of aromatic nitrogens is 2. The number of rotatable bonds is 6. The number of ether oxygens (including phenoxy) is 2. The molecule has 1 unspecified atom stereocenters. The number of likely N-dealkylation sites (N-methyl/N-ethyl adjacent to an activating group) is 1.